The molecule has 0 radical (unpaired) electrons. The number of nitrogen functional groups attached to an aromatic ring is 1. The number of hydrogen-bond acceptors (Lipinski definition) is 4. The van der Waals surface area contributed by atoms with Crippen LogP contribution in [0, 0.1) is 5.82 Å². The molecule has 5 nitrogen and oxygen atoms in total. The van der Waals surface area contributed by atoms with E-state index >= 15 is 0 Å². The maximum atomic E-state index is 13.4. The molecule has 0 aliphatic carbocycles. The Morgan fingerprint density at radius 3 is 2.62 bits per heavy atom. The number of carbonyl (C=O) groups excluding carboxylic acids is 1. The van der Waals surface area contributed by atoms with E-state index in [9.17, 15) is 9.18 Å². The molecule has 1 saturated heterocycles. The van der Waals surface area contributed by atoms with Gasteiger partial charge in [-0.15, -0.1) is 0 Å². The minimum absolute atomic E-state index is 0.0724. The summed E-state index contributed by atoms with van der Waals surface area (Å²) in [7, 11) is 0. The summed E-state index contributed by atoms with van der Waals surface area (Å²) in [6.45, 7) is 0.684. The molecule has 1 fully saturated rings. The Kier molecular flexibility index (Phi) is 5.51. The summed E-state index contributed by atoms with van der Waals surface area (Å²) in [5.74, 6) is -0.0565. The standard InChI is InChI=1S/C23H23FN4O/c24-18-11-9-17(10-12-18)19-15-26-23(25)27-22(19)20-8-4-5-13-28(20)21(29)14-16-6-2-1-3-7-16/h1-3,6-7,9-12,15,20H,4-5,8,13-14H2,(H2,25,26,27). The number of likely N-dealkylation sites (tertiary alicyclic amines) is 1. The first kappa shape index (κ1) is 19.1. The largest absolute Gasteiger partial charge is 0.368 e. The predicted octanol–water partition coefficient (Wildman–Crippen LogP) is 4.16. The molecule has 29 heavy (non-hydrogen) atoms. The Labute approximate surface area is 169 Å². The maximum absolute atomic E-state index is 13.4. The van der Waals surface area contributed by atoms with Gasteiger partial charge in [-0.1, -0.05) is 42.5 Å². The van der Waals surface area contributed by atoms with Crippen molar-refractivity contribution in [3.8, 4) is 11.1 Å². The van der Waals surface area contributed by atoms with Crippen molar-refractivity contribution in [1.82, 2.24) is 14.9 Å². The summed E-state index contributed by atoms with van der Waals surface area (Å²) < 4.78 is 13.4. The van der Waals surface area contributed by atoms with E-state index in [1.54, 1.807) is 18.3 Å². The highest BCUT2D eigenvalue weighted by atomic mass is 19.1. The molecule has 0 spiro atoms. The van der Waals surface area contributed by atoms with Gasteiger partial charge in [-0.25, -0.2) is 14.4 Å². The molecule has 1 aliphatic rings. The number of anilines is 1. The summed E-state index contributed by atoms with van der Waals surface area (Å²) in [6.07, 6.45) is 4.80. The van der Waals surface area contributed by atoms with Crippen LogP contribution in [0.3, 0.4) is 0 Å². The van der Waals surface area contributed by atoms with Crippen molar-refractivity contribution >= 4 is 11.9 Å². The van der Waals surface area contributed by atoms with Crippen molar-refractivity contribution in [2.24, 2.45) is 0 Å². The second-order valence-electron chi connectivity index (χ2n) is 7.30. The summed E-state index contributed by atoms with van der Waals surface area (Å²) >= 11 is 0. The summed E-state index contributed by atoms with van der Waals surface area (Å²) in [4.78, 5) is 23.7. The van der Waals surface area contributed by atoms with Crippen LogP contribution in [0.5, 0.6) is 0 Å². The molecule has 2 heterocycles. The SMILES string of the molecule is Nc1ncc(-c2ccc(F)cc2)c(C2CCCCN2C(=O)Cc2ccccc2)n1. The topological polar surface area (TPSA) is 72.1 Å². The lowest BCUT2D eigenvalue weighted by atomic mass is 9.93. The molecule has 148 valence electrons. The van der Waals surface area contributed by atoms with Crippen molar-refractivity contribution in [3.63, 3.8) is 0 Å². The quantitative estimate of drug-likeness (QED) is 0.726. The lowest BCUT2D eigenvalue weighted by Crippen LogP contribution is -2.40. The lowest BCUT2D eigenvalue weighted by Gasteiger charge is -2.36. The smallest absolute Gasteiger partial charge is 0.227 e. The molecule has 2 N–H and O–H groups in total. The molecule has 1 aliphatic heterocycles. The van der Waals surface area contributed by atoms with Crippen LogP contribution in [0.4, 0.5) is 10.3 Å². The van der Waals surface area contributed by atoms with Gasteiger partial charge in [0.15, 0.2) is 0 Å². The van der Waals surface area contributed by atoms with Gasteiger partial charge in [-0.2, -0.15) is 0 Å². The number of nitrogens with zero attached hydrogens (tertiary/aromatic N) is 3. The Balaban J connectivity index is 1.68. The van der Waals surface area contributed by atoms with Gasteiger partial charge in [-0.05, 0) is 42.5 Å². The highest BCUT2D eigenvalue weighted by Crippen LogP contribution is 2.36. The highest BCUT2D eigenvalue weighted by molar-refractivity contribution is 5.80. The Morgan fingerprint density at radius 1 is 1.10 bits per heavy atom. The number of amides is 1. The molecule has 4 rings (SSSR count). The number of aromatic nitrogens is 2. The molecular formula is C23H23FN4O. The van der Waals surface area contributed by atoms with E-state index in [0.717, 1.165) is 41.6 Å². The number of benzene rings is 2. The second kappa shape index (κ2) is 8.39. The van der Waals surface area contributed by atoms with Crippen molar-refractivity contribution in [1.29, 1.82) is 0 Å². The molecule has 0 saturated carbocycles. The summed E-state index contributed by atoms with van der Waals surface area (Å²) in [5.41, 5.74) is 9.20. The average molecular weight is 390 g/mol. The first-order chi connectivity index (χ1) is 14.1. The third kappa shape index (κ3) is 4.26. The van der Waals surface area contributed by atoms with Gasteiger partial charge in [0.2, 0.25) is 11.9 Å². The first-order valence-corrected chi connectivity index (χ1v) is 9.83. The van der Waals surface area contributed by atoms with Crippen LogP contribution < -0.4 is 5.73 Å². The number of rotatable bonds is 4. The average Bonchev–Trinajstić information content (AvgIpc) is 2.75. The molecule has 1 unspecified atom stereocenters. The normalized spacial score (nSPS) is 16.6. The number of carbonyl (C=O) groups is 1. The zero-order chi connectivity index (χ0) is 20.2. The lowest BCUT2D eigenvalue weighted by molar-refractivity contribution is -0.134. The molecule has 6 heteroatoms. The van der Waals surface area contributed by atoms with E-state index in [1.165, 1.54) is 12.1 Å². The number of piperidine rings is 1. The van der Waals surface area contributed by atoms with Crippen molar-refractivity contribution in [2.45, 2.75) is 31.7 Å². The van der Waals surface area contributed by atoms with Gasteiger partial charge in [0.05, 0.1) is 18.2 Å². The Morgan fingerprint density at radius 2 is 1.86 bits per heavy atom. The second-order valence-corrected chi connectivity index (χ2v) is 7.30. The minimum atomic E-state index is -0.302. The van der Waals surface area contributed by atoms with Crippen molar-refractivity contribution in [2.75, 3.05) is 12.3 Å². The first-order valence-electron chi connectivity index (χ1n) is 9.83. The third-order valence-corrected chi connectivity index (χ3v) is 5.33. The van der Waals surface area contributed by atoms with E-state index in [-0.39, 0.29) is 23.7 Å². The number of hydrogen-bond donors (Lipinski definition) is 1. The van der Waals surface area contributed by atoms with E-state index < -0.39 is 0 Å². The van der Waals surface area contributed by atoms with Crippen LogP contribution in [-0.2, 0) is 11.2 Å². The Bertz CT molecular complexity index is 992. The van der Waals surface area contributed by atoms with Crippen LogP contribution in [0.25, 0.3) is 11.1 Å². The predicted molar refractivity (Wildman–Crippen MR) is 110 cm³/mol. The van der Waals surface area contributed by atoms with Gasteiger partial charge >= 0.3 is 0 Å². The van der Waals surface area contributed by atoms with Crippen LogP contribution in [0.1, 0.15) is 36.6 Å². The fraction of sp³-hybridized carbons (Fsp3) is 0.261. The fourth-order valence-corrected chi connectivity index (χ4v) is 3.90. The number of halogens is 1. The maximum Gasteiger partial charge on any atom is 0.227 e. The third-order valence-electron chi connectivity index (χ3n) is 5.33. The highest BCUT2D eigenvalue weighted by Gasteiger charge is 2.31. The van der Waals surface area contributed by atoms with Gasteiger partial charge < -0.3 is 10.6 Å². The van der Waals surface area contributed by atoms with Gasteiger partial charge in [0, 0.05) is 18.3 Å². The molecule has 0 bridgehead atoms. The van der Waals surface area contributed by atoms with Gasteiger partial charge in [0.25, 0.3) is 0 Å². The van der Waals surface area contributed by atoms with E-state index in [2.05, 4.69) is 9.97 Å². The minimum Gasteiger partial charge on any atom is -0.368 e. The van der Waals surface area contributed by atoms with Crippen LogP contribution in [-0.4, -0.2) is 27.3 Å². The molecule has 1 atom stereocenters. The van der Waals surface area contributed by atoms with E-state index in [1.807, 2.05) is 35.2 Å². The zero-order valence-corrected chi connectivity index (χ0v) is 16.1. The van der Waals surface area contributed by atoms with Crippen LogP contribution in [0.15, 0.2) is 60.8 Å². The van der Waals surface area contributed by atoms with Crippen LogP contribution >= 0.6 is 0 Å². The monoisotopic (exact) mass is 390 g/mol. The molecular weight excluding hydrogens is 367 g/mol. The fourth-order valence-electron chi connectivity index (χ4n) is 3.90. The van der Waals surface area contributed by atoms with E-state index in [0.29, 0.717) is 13.0 Å². The number of nitrogens with two attached hydrogens (primary N) is 1. The van der Waals surface area contributed by atoms with E-state index in [4.69, 9.17) is 5.73 Å². The molecule has 2 aromatic carbocycles. The summed E-state index contributed by atoms with van der Waals surface area (Å²) in [5, 5.41) is 0. The van der Waals surface area contributed by atoms with Crippen molar-refractivity contribution < 1.29 is 9.18 Å². The molecule has 1 amide bonds. The van der Waals surface area contributed by atoms with Crippen molar-refractivity contribution in [3.05, 3.63) is 77.9 Å². The molecule has 1 aromatic heterocycles. The van der Waals surface area contributed by atoms with Crippen LogP contribution in [0.2, 0.25) is 0 Å². The van der Waals surface area contributed by atoms with Gasteiger partial charge in [0.1, 0.15) is 5.82 Å². The Hall–Kier alpha value is -3.28. The zero-order valence-electron chi connectivity index (χ0n) is 16.1. The van der Waals surface area contributed by atoms with Gasteiger partial charge in [-0.3, -0.25) is 4.79 Å². The summed E-state index contributed by atoms with van der Waals surface area (Å²) in [6, 6.07) is 15.8. The molecule has 3 aromatic rings.